The molecule has 0 bridgehead atoms. The number of anilines is 1. The third kappa shape index (κ3) is 7.64. The number of carbonyl (C=O) groups excluding carboxylic acids is 2. The first kappa shape index (κ1) is 19.0. The number of rotatable bonds is 6. The van der Waals surface area contributed by atoms with Crippen molar-refractivity contribution in [1.29, 1.82) is 0 Å². The summed E-state index contributed by atoms with van der Waals surface area (Å²) in [4.78, 5) is 23.3. The molecule has 0 radical (unpaired) electrons. The number of benzene rings is 1. The minimum Gasteiger partial charge on any atom is -0.393 e. The van der Waals surface area contributed by atoms with E-state index in [1.165, 1.54) is 12.1 Å². The van der Waals surface area contributed by atoms with Gasteiger partial charge >= 0.3 is 18.0 Å². The number of amides is 2. The summed E-state index contributed by atoms with van der Waals surface area (Å²) < 4.78 is 36.9. The van der Waals surface area contributed by atoms with Crippen molar-refractivity contribution >= 4 is 17.5 Å². The summed E-state index contributed by atoms with van der Waals surface area (Å²) in [6.45, 7) is 1.67. The summed E-state index contributed by atoms with van der Waals surface area (Å²) >= 11 is 0. The third-order valence-electron chi connectivity index (χ3n) is 3.00. The number of aliphatic hydroxyl groups excluding tert-OH is 1. The fourth-order valence-electron chi connectivity index (χ4n) is 1.79. The molecule has 1 aromatic rings. The molecule has 23 heavy (non-hydrogen) atoms. The average molecular weight is 332 g/mol. The van der Waals surface area contributed by atoms with Crippen molar-refractivity contribution in [3.05, 3.63) is 29.8 Å². The highest BCUT2D eigenvalue weighted by Crippen LogP contribution is 2.25. The maximum atomic E-state index is 12.3. The monoisotopic (exact) mass is 332 g/mol. The fourth-order valence-corrected chi connectivity index (χ4v) is 1.79. The zero-order valence-corrected chi connectivity index (χ0v) is 12.6. The van der Waals surface area contributed by atoms with Crippen molar-refractivity contribution in [2.24, 2.45) is 0 Å². The van der Waals surface area contributed by atoms with Crippen LogP contribution in [0.3, 0.4) is 0 Å². The number of hydrogen-bond acceptors (Lipinski definition) is 3. The first-order valence-corrected chi connectivity index (χ1v) is 7.11. The number of alkyl halides is 3. The van der Waals surface area contributed by atoms with Gasteiger partial charge in [-0.3, -0.25) is 9.59 Å². The summed E-state index contributed by atoms with van der Waals surface area (Å²) in [7, 11) is 0. The Morgan fingerprint density at radius 2 is 1.87 bits per heavy atom. The van der Waals surface area contributed by atoms with Gasteiger partial charge in [-0.05, 0) is 31.4 Å². The second-order valence-corrected chi connectivity index (χ2v) is 5.12. The molecule has 0 spiro atoms. The Hall–Kier alpha value is -2.09. The van der Waals surface area contributed by atoms with Gasteiger partial charge in [-0.25, -0.2) is 0 Å². The lowest BCUT2D eigenvalue weighted by atomic mass is 10.1. The van der Waals surface area contributed by atoms with E-state index in [0.717, 1.165) is 0 Å². The lowest BCUT2D eigenvalue weighted by molar-refractivity contribution is -0.136. The van der Waals surface area contributed by atoms with Gasteiger partial charge in [0.25, 0.3) is 0 Å². The summed E-state index contributed by atoms with van der Waals surface area (Å²) in [5, 5.41) is 13.7. The maximum absolute atomic E-state index is 12.3. The largest absolute Gasteiger partial charge is 0.393 e. The highest BCUT2D eigenvalue weighted by molar-refractivity contribution is 6.39. The van der Waals surface area contributed by atoms with Crippen LogP contribution in [0.15, 0.2) is 24.3 Å². The number of aliphatic hydroxyl groups is 1. The van der Waals surface area contributed by atoms with Gasteiger partial charge in [-0.1, -0.05) is 18.2 Å². The predicted molar refractivity (Wildman–Crippen MR) is 78.8 cm³/mol. The molecule has 0 heterocycles. The van der Waals surface area contributed by atoms with E-state index < -0.39 is 30.5 Å². The molecule has 1 rings (SSSR count). The second kappa shape index (κ2) is 8.52. The Labute approximate surface area is 131 Å². The number of carbonyl (C=O) groups is 2. The molecule has 2 amide bonds. The van der Waals surface area contributed by atoms with Crippen LogP contribution in [0.5, 0.6) is 0 Å². The van der Waals surface area contributed by atoms with Gasteiger partial charge in [0.2, 0.25) is 0 Å². The molecule has 0 aliphatic heterocycles. The molecule has 0 aliphatic rings. The van der Waals surface area contributed by atoms with Gasteiger partial charge in [-0.15, -0.1) is 0 Å². The van der Waals surface area contributed by atoms with Gasteiger partial charge in [0.15, 0.2) is 0 Å². The first-order chi connectivity index (χ1) is 10.7. The van der Waals surface area contributed by atoms with Crippen LogP contribution in [0.2, 0.25) is 0 Å². The van der Waals surface area contributed by atoms with E-state index in [1.807, 2.05) is 0 Å². The van der Waals surface area contributed by atoms with E-state index >= 15 is 0 Å². The third-order valence-corrected chi connectivity index (χ3v) is 3.00. The predicted octanol–water partition coefficient (Wildman–Crippen LogP) is 2.01. The minimum atomic E-state index is -4.30. The van der Waals surface area contributed by atoms with Gasteiger partial charge in [0.05, 0.1) is 6.10 Å². The molecule has 3 N–H and O–H groups in total. The van der Waals surface area contributed by atoms with Crippen LogP contribution in [-0.2, 0) is 16.0 Å². The highest BCUT2D eigenvalue weighted by Gasteiger charge is 2.27. The SMILES string of the molecule is CC(O)CCNC(=O)C(=O)Nc1ccccc1CCC(F)(F)F. The smallest absolute Gasteiger partial charge is 0.389 e. The lowest BCUT2D eigenvalue weighted by Crippen LogP contribution is -2.36. The Balaban J connectivity index is 2.62. The van der Waals surface area contributed by atoms with Crippen molar-refractivity contribution in [2.75, 3.05) is 11.9 Å². The van der Waals surface area contributed by atoms with Crippen molar-refractivity contribution in [1.82, 2.24) is 5.32 Å². The minimum absolute atomic E-state index is 0.125. The van der Waals surface area contributed by atoms with Crippen molar-refractivity contribution in [2.45, 2.75) is 38.5 Å². The Bertz CT molecular complexity index is 545. The molecule has 1 aromatic carbocycles. The van der Waals surface area contributed by atoms with Crippen LogP contribution < -0.4 is 10.6 Å². The summed E-state index contributed by atoms with van der Waals surface area (Å²) in [5.74, 6) is -1.87. The Morgan fingerprint density at radius 3 is 2.48 bits per heavy atom. The van der Waals surface area contributed by atoms with Crippen LogP contribution in [0.1, 0.15) is 25.3 Å². The summed E-state index contributed by atoms with van der Waals surface area (Å²) in [6, 6.07) is 6.02. The highest BCUT2D eigenvalue weighted by atomic mass is 19.4. The molecule has 0 fully saturated rings. The molecule has 0 aliphatic carbocycles. The summed E-state index contributed by atoms with van der Waals surface area (Å²) in [5.41, 5.74) is 0.474. The van der Waals surface area contributed by atoms with E-state index in [4.69, 9.17) is 5.11 Å². The molecule has 128 valence electrons. The van der Waals surface area contributed by atoms with E-state index in [2.05, 4.69) is 10.6 Å². The number of para-hydroxylation sites is 1. The number of nitrogens with one attached hydrogen (secondary N) is 2. The molecule has 1 atom stereocenters. The molecular weight excluding hydrogens is 313 g/mol. The van der Waals surface area contributed by atoms with Crippen LogP contribution in [0.25, 0.3) is 0 Å². The maximum Gasteiger partial charge on any atom is 0.389 e. The molecule has 5 nitrogen and oxygen atoms in total. The van der Waals surface area contributed by atoms with Crippen molar-refractivity contribution in [3.63, 3.8) is 0 Å². The molecule has 1 unspecified atom stereocenters. The van der Waals surface area contributed by atoms with Gasteiger partial charge < -0.3 is 15.7 Å². The number of halogens is 3. The van der Waals surface area contributed by atoms with Crippen LogP contribution in [0.4, 0.5) is 18.9 Å². The topological polar surface area (TPSA) is 78.4 Å². The summed E-state index contributed by atoms with van der Waals surface area (Å²) in [6.07, 6.45) is -5.91. The van der Waals surface area contributed by atoms with E-state index in [1.54, 1.807) is 19.1 Å². The standard InChI is InChI=1S/C15H19F3N2O3/c1-10(21)7-9-19-13(22)14(23)20-12-5-3-2-4-11(12)6-8-15(16,17)18/h2-5,10,21H,6-9H2,1H3,(H,19,22)(H,20,23). The Morgan fingerprint density at radius 1 is 1.22 bits per heavy atom. The number of hydrogen-bond donors (Lipinski definition) is 3. The average Bonchev–Trinajstić information content (AvgIpc) is 2.45. The van der Waals surface area contributed by atoms with Gasteiger partial charge in [-0.2, -0.15) is 13.2 Å². The fraction of sp³-hybridized carbons (Fsp3) is 0.467. The Kier molecular flexibility index (Phi) is 7.02. The van der Waals surface area contributed by atoms with E-state index in [9.17, 15) is 22.8 Å². The van der Waals surface area contributed by atoms with Gasteiger partial charge in [0.1, 0.15) is 0 Å². The van der Waals surface area contributed by atoms with Crippen LogP contribution >= 0.6 is 0 Å². The molecule has 0 aromatic heterocycles. The zero-order chi connectivity index (χ0) is 17.5. The van der Waals surface area contributed by atoms with E-state index in [0.29, 0.717) is 12.0 Å². The zero-order valence-electron chi connectivity index (χ0n) is 12.6. The normalized spacial score (nSPS) is 12.6. The molecule has 0 saturated heterocycles. The van der Waals surface area contributed by atoms with Crippen LogP contribution in [0, 0.1) is 0 Å². The lowest BCUT2D eigenvalue weighted by Gasteiger charge is -2.12. The van der Waals surface area contributed by atoms with E-state index in [-0.39, 0.29) is 18.7 Å². The second-order valence-electron chi connectivity index (χ2n) is 5.12. The van der Waals surface area contributed by atoms with Crippen molar-refractivity contribution in [3.8, 4) is 0 Å². The molecule has 0 saturated carbocycles. The quantitative estimate of drug-likeness (QED) is 0.697. The van der Waals surface area contributed by atoms with Crippen LogP contribution in [-0.4, -0.2) is 35.7 Å². The number of aryl methyl sites for hydroxylation is 1. The van der Waals surface area contributed by atoms with Crippen molar-refractivity contribution < 1.29 is 27.9 Å². The first-order valence-electron chi connectivity index (χ1n) is 7.11. The molecule has 8 heteroatoms. The molecular formula is C15H19F3N2O3. The van der Waals surface area contributed by atoms with Gasteiger partial charge in [0, 0.05) is 18.7 Å².